The lowest BCUT2D eigenvalue weighted by Gasteiger charge is -2.43. The third-order valence-electron chi connectivity index (χ3n) is 8.69. The number of ether oxygens (including phenoxy) is 1. The number of hydrogen-bond donors (Lipinski definition) is 0. The van der Waals surface area contributed by atoms with Crippen LogP contribution in [0.25, 0.3) is 0 Å². The van der Waals surface area contributed by atoms with E-state index in [1.165, 1.54) is 23.1 Å². The minimum absolute atomic E-state index is 0.0587. The SMILES string of the molecule is C=CC(=O)N1CCN(c2c(C#N)c(OC[C@@H]3CCCN3C)nc3c2CCN(c2cccc(F)c2C(F)(F)F)C3)C[C@@H]1CC#N. The molecule has 1 aromatic heterocycles. The smallest absolute Gasteiger partial charge is 0.421 e. The topological polar surface area (TPSA) is 99.7 Å². The highest BCUT2D eigenvalue weighted by molar-refractivity contribution is 5.87. The van der Waals surface area contributed by atoms with E-state index in [9.17, 15) is 32.9 Å². The third kappa shape index (κ3) is 6.02. The number of anilines is 2. The summed E-state index contributed by atoms with van der Waals surface area (Å²) < 4.78 is 62.4. The average Bonchev–Trinajstić information content (AvgIpc) is 3.42. The number of carbonyl (C=O) groups is 1. The summed E-state index contributed by atoms with van der Waals surface area (Å²) in [5.41, 5.74) is 0.262. The van der Waals surface area contributed by atoms with Crippen molar-refractivity contribution in [3.05, 3.63) is 59.1 Å². The standard InChI is InChI=1S/C31H33F4N7O2/c1-3-27(43)42-15-14-41(17-20(42)9-11-36)29-22-10-13-40(26-8-4-7-24(32)28(26)31(33,34)35)18-25(22)38-30(23(29)16-37)44-19-21-6-5-12-39(21)2/h3-4,7-8,20-21H,1,5-6,9-10,12-15,17-19H2,2H3/t20-,21-/m0/s1. The van der Waals surface area contributed by atoms with Crippen molar-refractivity contribution in [1.82, 2.24) is 14.8 Å². The molecule has 2 atom stereocenters. The van der Waals surface area contributed by atoms with E-state index in [1.54, 1.807) is 4.90 Å². The van der Waals surface area contributed by atoms with Crippen LogP contribution in [0.4, 0.5) is 28.9 Å². The van der Waals surface area contributed by atoms with Crippen LogP contribution in [0.15, 0.2) is 30.9 Å². The maximum Gasteiger partial charge on any atom is 0.421 e. The first kappa shape index (κ1) is 31.1. The summed E-state index contributed by atoms with van der Waals surface area (Å²) in [7, 11) is 1.99. The van der Waals surface area contributed by atoms with Crippen molar-refractivity contribution in [3.63, 3.8) is 0 Å². The number of piperazine rings is 1. The van der Waals surface area contributed by atoms with Crippen molar-refractivity contribution in [2.24, 2.45) is 0 Å². The molecule has 0 aliphatic carbocycles. The number of nitrogens with zero attached hydrogens (tertiary/aromatic N) is 7. The molecule has 2 fully saturated rings. The zero-order chi connectivity index (χ0) is 31.6. The van der Waals surface area contributed by atoms with Crippen LogP contribution in [0.2, 0.25) is 0 Å². The number of rotatable bonds is 7. The average molecular weight is 612 g/mol. The van der Waals surface area contributed by atoms with Gasteiger partial charge in [0.05, 0.1) is 42.1 Å². The number of fused-ring (bicyclic) bond motifs is 1. The Morgan fingerprint density at radius 3 is 2.64 bits per heavy atom. The van der Waals surface area contributed by atoms with Crippen LogP contribution in [0.3, 0.4) is 0 Å². The number of aromatic nitrogens is 1. The quantitative estimate of drug-likeness (QED) is 0.338. The zero-order valence-corrected chi connectivity index (χ0v) is 24.4. The van der Waals surface area contributed by atoms with Gasteiger partial charge in [-0.25, -0.2) is 9.37 Å². The van der Waals surface area contributed by atoms with Gasteiger partial charge in [0.15, 0.2) is 0 Å². The molecule has 0 N–H and O–H groups in total. The van der Waals surface area contributed by atoms with Gasteiger partial charge < -0.3 is 24.3 Å². The molecule has 44 heavy (non-hydrogen) atoms. The van der Waals surface area contributed by atoms with E-state index in [-0.39, 0.29) is 74.7 Å². The number of hydrogen-bond acceptors (Lipinski definition) is 8. The first-order chi connectivity index (χ1) is 21.1. The fraction of sp³-hybridized carbons (Fsp3) is 0.484. The van der Waals surface area contributed by atoms with Crippen LogP contribution in [0.5, 0.6) is 5.88 Å². The molecule has 2 aromatic rings. The molecule has 13 heteroatoms. The minimum Gasteiger partial charge on any atom is -0.475 e. The van der Waals surface area contributed by atoms with Crippen molar-refractivity contribution in [2.45, 2.75) is 50.5 Å². The first-order valence-corrected chi connectivity index (χ1v) is 14.5. The predicted molar refractivity (Wildman–Crippen MR) is 154 cm³/mol. The molecule has 1 aromatic carbocycles. The Balaban J connectivity index is 1.57. The number of carbonyl (C=O) groups excluding carboxylic acids is 1. The van der Waals surface area contributed by atoms with Gasteiger partial charge in [-0.05, 0) is 51.1 Å². The number of likely N-dealkylation sites (tertiary alicyclic amines) is 1. The molecule has 0 unspecified atom stereocenters. The summed E-state index contributed by atoms with van der Waals surface area (Å²) in [6.45, 7) is 5.72. The molecule has 232 valence electrons. The summed E-state index contributed by atoms with van der Waals surface area (Å²) in [4.78, 5) is 24.4. The Morgan fingerprint density at radius 2 is 1.98 bits per heavy atom. The Labute approximate surface area is 253 Å². The summed E-state index contributed by atoms with van der Waals surface area (Å²) in [6.07, 6.45) is -1.46. The van der Waals surface area contributed by atoms with Crippen LogP contribution < -0.4 is 14.5 Å². The lowest BCUT2D eigenvalue weighted by Crippen LogP contribution is -2.55. The number of amides is 1. The van der Waals surface area contributed by atoms with Gasteiger partial charge in [-0.2, -0.15) is 23.7 Å². The van der Waals surface area contributed by atoms with Crippen molar-refractivity contribution in [1.29, 1.82) is 10.5 Å². The fourth-order valence-corrected chi connectivity index (χ4v) is 6.46. The second-order valence-corrected chi connectivity index (χ2v) is 11.3. The largest absolute Gasteiger partial charge is 0.475 e. The van der Waals surface area contributed by atoms with Crippen molar-refractivity contribution in [2.75, 3.05) is 56.2 Å². The minimum atomic E-state index is -4.90. The number of nitriles is 2. The Hall–Kier alpha value is -4.36. The summed E-state index contributed by atoms with van der Waals surface area (Å²) in [6, 6.07) is 7.33. The van der Waals surface area contributed by atoms with Crippen LogP contribution in [0.1, 0.15) is 41.6 Å². The monoisotopic (exact) mass is 611 g/mol. The van der Waals surface area contributed by atoms with Gasteiger partial charge in [0.1, 0.15) is 29.6 Å². The van der Waals surface area contributed by atoms with E-state index < -0.39 is 23.6 Å². The molecule has 3 aliphatic heterocycles. The van der Waals surface area contributed by atoms with Crippen LogP contribution in [0, 0.1) is 28.5 Å². The van der Waals surface area contributed by atoms with E-state index in [4.69, 9.17) is 9.72 Å². The van der Waals surface area contributed by atoms with Gasteiger partial charge in [-0.3, -0.25) is 4.79 Å². The first-order valence-electron chi connectivity index (χ1n) is 14.5. The lowest BCUT2D eigenvalue weighted by atomic mass is 9.96. The van der Waals surface area contributed by atoms with Crippen LogP contribution in [-0.2, 0) is 23.9 Å². The van der Waals surface area contributed by atoms with Crippen molar-refractivity contribution < 1.29 is 27.1 Å². The van der Waals surface area contributed by atoms with E-state index in [2.05, 4.69) is 23.6 Å². The summed E-state index contributed by atoms with van der Waals surface area (Å²) in [5, 5.41) is 19.9. The second kappa shape index (κ2) is 12.7. The van der Waals surface area contributed by atoms with Crippen LogP contribution in [-0.4, -0.2) is 79.2 Å². The molecular formula is C31H33F4N7O2. The van der Waals surface area contributed by atoms with E-state index in [1.807, 2.05) is 11.9 Å². The lowest BCUT2D eigenvalue weighted by molar-refractivity contribution is -0.139. The molecule has 5 rings (SSSR count). The predicted octanol–water partition coefficient (Wildman–Crippen LogP) is 4.26. The van der Waals surface area contributed by atoms with Gasteiger partial charge >= 0.3 is 6.18 Å². The van der Waals surface area contributed by atoms with Gasteiger partial charge in [0.25, 0.3) is 0 Å². The highest BCUT2D eigenvalue weighted by atomic mass is 19.4. The maximum atomic E-state index is 14.5. The third-order valence-corrected chi connectivity index (χ3v) is 8.69. The molecule has 0 saturated carbocycles. The van der Waals surface area contributed by atoms with E-state index in [0.717, 1.165) is 25.5 Å². The molecule has 2 saturated heterocycles. The van der Waals surface area contributed by atoms with Crippen LogP contribution >= 0.6 is 0 Å². The highest BCUT2D eigenvalue weighted by Crippen LogP contribution is 2.42. The molecule has 4 heterocycles. The Morgan fingerprint density at radius 1 is 1.18 bits per heavy atom. The number of benzene rings is 1. The Bertz CT molecular complexity index is 1520. The molecule has 9 nitrogen and oxygen atoms in total. The molecule has 0 spiro atoms. The number of alkyl halides is 3. The van der Waals surface area contributed by atoms with Gasteiger partial charge in [-0.15, -0.1) is 0 Å². The normalized spacial score (nSPS) is 20.6. The molecular weight excluding hydrogens is 578 g/mol. The zero-order valence-electron chi connectivity index (χ0n) is 24.4. The number of pyridine rings is 1. The van der Waals surface area contributed by atoms with Crippen molar-refractivity contribution in [3.8, 4) is 18.0 Å². The van der Waals surface area contributed by atoms with E-state index >= 15 is 0 Å². The van der Waals surface area contributed by atoms with Gasteiger partial charge in [-0.1, -0.05) is 12.6 Å². The summed E-state index contributed by atoms with van der Waals surface area (Å²) in [5.74, 6) is -1.56. The highest BCUT2D eigenvalue weighted by Gasteiger charge is 2.40. The van der Waals surface area contributed by atoms with Crippen molar-refractivity contribution >= 4 is 17.3 Å². The number of likely N-dealkylation sites (N-methyl/N-ethyl adjacent to an activating group) is 1. The number of halogens is 4. The van der Waals surface area contributed by atoms with E-state index in [0.29, 0.717) is 23.5 Å². The summed E-state index contributed by atoms with van der Waals surface area (Å²) >= 11 is 0. The molecule has 3 aliphatic rings. The second-order valence-electron chi connectivity index (χ2n) is 11.3. The van der Waals surface area contributed by atoms with Gasteiger partial charge in [0.2, 0.25) is 11.8 Å². The Kier molecular flexibility index (Phi) is 8.97. The maximum absolute atomic E-state index is 14.5. The molecule has 0 radical (unpaired) electrons. The fourth-order valence-electron chi connectivity index (χ4n) is 6.46. The van der Waals surface area contributed by atoms with Gasteiger partial charge in [0, 0.05) is 37.8 Å². The molecule has 0 bridgehead atoms. The molecule has 1 amide bonds.